The zero-order valence-electron chi connectivity index (χ0n) is 15.8. The first-order valence-corrected chi connectivity index (χ1v) is 9.26. The molecular weight excluding hydrogens is 382 g/mol. The van der Waals surface area contributed by atoms with Crippen molar-refractivity contribution < 1.29 is 19.2 Å². The Hall–Kier alpha value is -4.26. The van der Waals surface area contributed by atoms with Gasteiger partial charge in [-0.1, -0.05) is 54.6 Å². The summed E-state index contributed by atoms with van der Waals surface area (Å²) in [4.78, 5) is 54.1. The van der Waals surface area contributed by atoms with Crippen LogP contribution in [0.4, 0.5) is 21.9 Å². The molecule has 148 valence electrons. The van der Waals surface area contributed by atoms with E-state index in [-0.39, 0.29) is 11.4 Å². The van der Waals surface area contributed by atoms with E-state index < -0.39 is 29.7 Å². The van der Waals surface area contributed by atoms with Crippen molar-refractivity contribution in [2.75, 3.05) is 15.1 Å². The monoisotopic (exact) mass is 399 g/mol. The quantitative estimate of drug-likeness (QED) is 0.681. The second-order valence-electron chi connectivity index (χ2n) is 6.59. The number of nitrogens with zero attached hydrogens (tertiary/aromatic N) is 2. The van der Waals surface area contributed by atoms with E-state index >= 15 is 0 Å². The van der Waals surface area contributed by atoms with Gasteiger partial charge in [0.25, 0.3) is 11.8 Å². The largest absolute Gasteiger partial charge is 0.342 e. The Morgan fingerprint density at radius 3 is 1.47 bits per heavy atom. The summed E-state index contributed by atoms with van der Waals surface area (Å²) in [5, 5.41) is 2.59. The Balaban J connectivity index is 1.76. The molecule has 0 spiro atoms. The first-order valence-electron chi connectivity index (χ1n) is 9.26. The van der Waals surface area contributed by atoms with Gasteiger partial charge < -0.3 is 5.32 Å². The van der Waals surface area contributed by atoms with Crippen LogP contribution in [0.25, 0.3) is 0 Å². The summed E-state index contributed by atoms with van der Waals surface area (Å²) in [6, 6.07) is 24.1. The van der Waals surface area contributed by atoms with Crippen LogP contribution in [-0.4, -0.2) is 23.8 Å². The second kappa shape index (κ2) is 8.00. The molecule has 3 aromatic rings. The van der Waals surface area contributed by atoms with Crippen molar-refractivity contribution in [3.05, 3.63) is 91.0 Å². The maximum Gasteiger partial charge on any atom is 0.342 e. The number of anilines is 3. The molecule has 0 atom stereocenters. The Bertz CT molecular complexity index is 1040. The molecule has 3 aromatic carbocycles. The minimum atomic E-state index is -1.71. The van der Waals surface area contributed by atoms with Gasteiger partial charge in [0, 0.05) is 5.69 Å². The van der Waals surface area contributed by atoms with Crippen molar-refractivity contribution in [3.8, 4) is 0 Å². The number of carbonyl (C=O) groups is 4. The smallest absolute Gasteiger partial charge is 0.325 e. The highest BCUT2D eigenvalue weighted by molar-refractivity contribution is 6.42. The zero-order chi connectivity index (χ0) is 21.1. The van der Waals surface area contributed by atoms with E-state index in [1.165, 1.54) is 0 Å². The van der Waals surface area contributed by atoms with Gasteiger partial charge in [0.1, 0.15) is 0 Å². The number of para-hydroxylation sites is 3. The first kappa shape index (κ1) is 19.1. The van der Waals surface area contributed by atoms with Crippen molar-refractivity contribution in [1.82, 2.24) is 0 Å². The number of urea groups is 1. The maximum atomic E-state index is 13.2. The Morgan fingerprint density at radius 1 is 0.633 bits per heavy atom. The zero-order valence-corrected chi connectivity index (χ0v) is 15.8. The van der Waals surface area contributed by atoms with Crippen molar-refractivity contribution in [2.45, 2.75) is 0 Å². The van der Waals surface area contributed by atoms with E-state index in [2.05, 4.69) is 5.32 Å². The summed E-state index contributed by atoms with van der Waals surface area (Å²) in [5.74, 6) is -4.29. The molecule has 5 amide bonds. The number of nitrogens with one attached hydrogen (secondary N) is 1. The lowest BCUT2D eigenvalue weighted by atomic mass is 10.0. The molecule has 1 N–H and O–H groups in total. The molecule has 7 nitrogen and oxygen atoms in total. The topological polar surface area (TPSA) is 86.8 Å². The third kappa shape index (κ3) is 3.44. The standard InChI is InChI=1S/C23H17N3O4/c27-20(24-16-10-4-1-5-11-16)19-21(28)25(17-12-6-2-7-13-17)23(30)26(22(19)29)18-14-8-3-9-15-18/h1-15,19H,(H,24,27). The summed E-state index contributed by atoms with van der Waals surface area (Å²) >= 11 is 0. The molecule has 0 bridgehead atoms. The normalized spacial score (nSPS) is 14.7. The lowest BCUT2D eigenvalue weighted by molar-refractivity contribution is -0.138. The fourth-order valence-electron chi connectivity index (χ4n) is 3.24. The number of benzene rings is 3. The van der Waals surface area contributed by atoms with E-state index in [4.69, 9.17) is 0 Å². The van der Waals surface area contributed by atoms with Crippen LogP contribution >= 0.6 is 0 Å². The molecule has 0 aromatic heterocycles. The van der Waals surface area contributed by atoms with Gasteiger partial charge >= 0.3 is 6.03 Å². The Kier molecular flexibility index (Phi) is 5.09. The minimum Gasteiger partial charge on any atom is -0.325 e. The fourth-order valence-corrected chi connectivity index (χ4v) is 3.24. The first-order chi connectivity index (χ1) is 14.6. The Morgan fingerprint density at radius 2 is 1.03 bits per heavy atom. The molecule has 0 unspecified atom stereocenters. The van der Waals surface area contributed by atoms with Gasteiger partial charge in [-0.2, -0.15) is 0 Å². The Labute approximate surface area is 172 Å². The molecule has 1 aliphatic heterocycles. The number of amides is 5. The summed E-state index contributed by atoms with van der Waals surface area (Å²) in [7, 11) is 0. The molecule has 1 heterocycles. The molecular formula is C23H17N3O4. The highest BCUT2D eigenvalue weighted by atomic mass is 16.2. The van der Waals surface area contributed by atoms with Crippen molar-refractivity contribution >= 4 is 40.8 Å². The maximum absolute atomic E-state index is 13.2. The molecule has 0 saturated carbocycles. The number of carbonyl (C=O) groups excluding carboxylic acids is 4. The summed E-state index contributed by atoms with van der Waals surface area (Å²) in [6.07, 6.45) is 0. The van der Waals surface area contributed by atoms with Crippen LogP contribution in [0.15, 0.2) is 91.0 Å². The summed E-state index contributed by atoms with van der Waals surface area (Å²) in [5.41, 5.74) is 0.995. The van der Waals surface area contributed by atoms with E-state index in [9.17, 15) is 19.2 Å². The number of barbiturate groups is 1. The molecule has 0 aliphatic carbocycles. The van der Waals surface area contributed by atoms with Crippen LogP contribution in [0.5, 0.6) is 0 Å². The van der Waals surface area contributed by atoms with Gasteiger partial charge in [-0.25, -0.2) is 14.6 Å². The van der Waals surface area contributed by atoms with Crippen LogP contribution in [0.2, 0.25) is 0 Å². The van der Waals surface area contributed by atoms with Gasteiger partial charge in [-0.05, 0) is 36.4 Å². The van der Waals surface area contributed by atoms with Gasteiger partial charge in [0.2, 0.25) is 5.91 Å². The predicted molar refractivity (Wildman–Crippen MR) is 112 cm³/mol. The van der Waals surface area contributed by atoms with Crippen LogP contribution in [-0.2, 0) is 14.4 Å². The summed E-state index contributed by atoms with van der Waals surface area (Å²) in [6.45, 7) is 0. The average Bonchev–Trinajstić information content (AvgIpc) is 2.76. The van der Waals surface area contributed by atoms with E-state index in [0.717, 1.165) is 9.80 Å². The van der Waals surface area contributed by atoms with Crippen LogP contribution in [0.1, 0.15) is 0 Å². The third-order valence-corrected chi connectivity index (χ3v) is 4.65. The molecule has 1 aliphatic rings. The lowest BCUT2D eigenvalue weighted by Crippen LogP contribution is -2.63. The molecule has 4 rings (SSSR count). The van der Waals surface area contributed by atoms with Gasteiger partial charge in [-0.3, -0.25) is 14.4 Å². The van der Waals surface area contributed by atoms with Crippen molar-refractivity contribution in [2.24, 2.45) is 5.92 Å². The second-order valence-corrected chi connectivity index (χ2v) is 6.59. The van der Waals surface area contributed by atoms with Gasteiger partial charge in [0.05, 0.1) is 11.4 Å². The average molecular weight is 399 g/mol. The van der Waals surface area contributed by atoms with Crippen molar-refractivity contribution in [3.63, 3.8) is 0 Å². The van der Waals surface area contributed by atoms with Gasteiger partial charge in [-0.15, -0.1) is 0 Å². The van der Waals surface area contributed by atoms with Crippen LogP contribution in [0, 0.1) is 5.92 Å². The molecule has 0 radical (unpaired) electrons. The number of hydrogen-bond donors (Lipinski definition) is 1. The molecule has 1 fully saturated rings. The highest BCUT2D eigenvalue weighted by Gasteiger charge is 2.50. The molecule has 1 saturated heterocycles. The van der Waals surface area contributed by atoms with Crippen LogP contribution in [0.3, 0.4) is 0 Å². The number of rotatable bonds is 4. The fraction of sp³-hybridized carbons (Fsp3) is 0.0435. The number of imide groups is 2. The predicted octanol–water partition coefficient (Wildman–Crippen LogP) is 3.44. The third-order valence-electron chi connectivity index (χ3n) is 4.65. The van der Waals surface area contributed by atoms with E-state index in [0.29, 0.717) is 5.69 Å². The number of hydrogen-bond acceptors (Lipinski definition) is 4. The minimum absolute atomic E-state index is 0.276. The van der Waals surface area contributed by atoms with E-state index in [1.54, 1.807) is 91.0 Å². The molecule has 30 heavy (non-hydrogen) atoms. The molecule has 7 heteroatoms. The summed E-state index contributed by atoms with van der Waals surface area (Å²) < 4.78 is 0. The van der Waals surface area contributed by atoms with E-state index in [1.807, 2.05) is 0 Å². The van der Waals surface area contributed by atoms with Crippen LogP contribution < -0.4 is 15.1 Å². The lowest BCUT2D eigenvalue weighted by Gasteiger charge is -2.36. The SMILES string of the molecule is O=C(Nc1ccccc1)C1C(=O)N(c2ccccc2)C(=O)N(c2ccccc2)C1=O. The van der Waals surface area contributed by atoms with Gasteiger partial charge in [0.15, 0.2) is 5.92 Å². The highest BCUT2D eigenvalue weighted by Crippen LogP contribution is 2.29. The van der Waals surface area contributed by atoms with Crippen molar-refractivity contribution in [1.29, 1.82) is 0 Å².